The molecule has 15 heavy (non-hydrogen) atoms. The highest BCUT2D eigenvalue weighted by Crippen LogP contribution is 2.37. The Morgan fingerprint density at radius 2 is 2.20 bits per heavy atom. The van der Waals surface area contributed by atoms with Gasteiger partial charge < -0.3 is 5.21 Å². The first-order chi connectivity index (χ1) is 7.08. The second kappa shape index (κ2) is 3.51. The van der Waals surface area contributed by atoms with Gasteiger partial charge in [0.2, 0.25) is 0 Å². The fourth-order valence-electron chi connectivity index (χ4n) is 2.27. The Labute approximate surface area is 91.4 Å². The summed E-state index contributed by atoms with van der Waals surface area (Å²) in [7, 11) is 5.94. The van der Waals surface area contributed by atoms with Crippen LogP contribution in [0, 0.1) is 6.92 Å². The van der Waals surface area contributed by atoms with Crippen LogP contribution in [0.25, 0.3) is 5.47 Å². The van der Waals surface area contributed by atoms with Gasteiger partial charge in [-0.3, -0.25) is 0 Å². The molecule has 0 saturated heterocycles. The van der Waals surface area contributed by atoms with E-state index in [4.69, 9.17) is 7.85 Å². The third-order valence-electron chi connectivity index (χ3n) is 3.11. The third-order valence-corrected chi connectivity index (χ3v) is 3.11. The first-order valence-corrected chi connectivity index (χ1v) is 5.06. The van der Waals surface area contributed by atoms with Gasteiger partial charge in [-0.2, -0.15) is 5.48 Å². The quantitative estimate of drug-likeness (QED) is 0.536. The second-order valence-corrected chi connectivity index (χ2v) is 4.30. The first-order valence-electron chi connectivity index (χ1n) is 5.06. The van der Waals surface area contributed by atoms with Crippen LogP contribution in [0.3, 0.4) is 0 Å². The predicted octanol–water partition coefficient (Wildman–Crippen LogP) is 2.10. The van der Waals surface area contributed by atoms with Gasteiger partial charge in [0.15, 0.2) is 0 Å². The van der Waals surface area contributed by atoms with Gasteiger partial charge in [0, 0.05) is 0 Å². The zero-order valence-electron chi connectivity index (χ0n) is 9.04. The number of fused-ring (bicyclic) bond motifs is 1. The monoisotopic (exact) mass is 199 g/mol. The summed E-state index contributed by atoms with van der Waals surface area (Å²) in [6.45, 7) is 4.01. The van der Waals surface area contributed by atoms with Gasteiger partial charge in [0.25, 0.3) is 0 Å². The Morgan fingerprint density at radius 1 is 1.47 bits per heavy atom. The molecule has 2 nitrogen and oxygen atoms in total. The van der Waals surface area contributed by atoms with Crippen LogP contribution in [0.4, 0.5) is 0 Å². The molecular weight excluding hydrogens is 185 g/mol. The summed E-state index contributed by atoms with van der Waals surface area (Å²) in [5.74, 6) is 0. The van der Waals surface area contributed by atoms with E-state index in [1.807, 2.05) is 38.1 Å². The first kappa shape index (κ1) is 10.5. The zero-order chi connectivity index (χ0) is 11.1. The SMILES string of the molecule is [B]C1=CCC(C)(NO)c2c(C)cccc21. The molecule has 76 valence electrons. The lowest BCUT2D eigenvalue weighted by molar-refractivity contribution is 0.0701. The van der Waals surface area contributed by atoms with Gasteiger partial charge in [0.1, 0.15) is 7.85 Å². The molecule has 0 heterocycles. The van der Waals surface area contributed by atoms with E-state index >= 15 is 0 Å². The van der Waals surface area contributed by atoms with Crippen molar-refractivity contribution < 1.29 is 5.21 Å². The molecule has 0 aromatic heterocycles. The summed E-state index contributed by atoms with van der Waals surface area (Å²) in [4.78, 5) is 0. The van der Waals surface area contributed by atoms with E-state index in [1.54, 1.807) is 0 Å². The standard InChI is InChI=1S/C12H14BNO/c1-8-4-3-5-9-10(13)6-7-12(2,14-15)11(8)9/h3-6,14-15H,7H2,1-2H3. The molecule has 1 aromatic rings. The number of nitrogens with one attached hydrogen (secondary N) is 1. The molecule has 0 fully saturated rings. The van der Waals surface area contributed by atoms with E-state index in [0.717, 1.165) is 22.2 Å². The molecule has 1 aliphatic rings. The fourth-order valence-corrected chi connectivity index (χ4v) is 2.27. The van der Waals surface area contributed by atoms with Crippen molar-refractivity contribution in [2.75, 3.05) is 0 Å². The molecule has 0 saturated carbocycles. The maximum absolute atomic E-state index is 9.29. The van der Waals surface area contributed by atoms with Gasteiger partial charge in [-0.15, -0.1) is 0 Å². The van der Waals surface area contributed by atoms with Crippen molar-refractivity contribution in [1.29, 1.82) is 0 Å². The average molecular weight is 199 g/mol. The van der Waals surface area contributed by atoms with E-state index in [-0.39, 0.29) is 0 Å². The fraction of sp³-hybridized carbons (Fsp3) is 0.333. The molecule has 1 atom stereocenters. The lowest BCUT2D eigenvalue weighted by Gasteiger charge is -2.35. The maximum Gasteiger partial charge on any atom is 0.114 e. The molecular formula is C12H14BNO. The topological polar surface area (TPSA) is 32.3 Å². The molecule has 1 unspecified atom stereocenters. The molecule has 3 heteroatoms. The van der Waals surface area contributed by atoms with Crippen molar-refractivity contribution in [3.63, 3.8) is 0 Å². The van der Waals surface area contributed by atoms with Crippen molar-refractivity contribution >= 4 is 13.3 Å². The third kappa shape index (κ3) is 1.52. The minimum atomic E-state index is -0.427. The van der Waals surface area contributed by atoms with Crippen LogP contribution in [0.15, 0.2) is 24.3 Å². The lowest BCUT2D eigenvalue weighted by atomic mass is 9.71. The van der Waals surface area contributed by atoms with Crippen LogP contribution >= 0.6 is 0 Å². The normalized spacial score (nSPS) is 24.6. The number of rotatable bonds is 1. The van der Waals surface area contributed by atoms with Crippen LogP contribution in [-0.4, -0.2) is 13.1 Å². The molecule has 2 radical (unpaired) electrons. The van der Waals surface area contributed by atoms with Crippen molar-refractivity contribution in [3.05, 3.63) is 41.0 Å². The number of hydroxylamine groups is 1. The Hall–Kier alpha value is -1.06. The van der Waals surface area contributed by atoms with Crippen LogP contribution in [0.5, 0.6) is 0 Å². The summed E-state index contributed by atoms with van der Waals surface area (Å²) in [5, 5.41) is 9.29. The highest BCUT2D eigenvalue weighted by molar-refractivity contribution is 6.42. The molecule has 1 aliphatic carbocycles. The summed E-state index contributed by atoms with van der Waals surface area (Å²) in [6, 6.07) is 6.01. The Kier molecular flexibility index (Phi) is 2.45. The Balaban J connectivity index is 2.69. The lowest BCUT2D eigenvalue weighted by Crippen LogP contribution is -2.39. The minimum absolute atomic E-state index is 0.427. The number of hydrogen-bond donors (Lipinski definition) is 2. The predicted molar refractivity (Wildman–Crippen MR) is 61.8 cm³/mol. The van der Waals surface area contributed by atoms with Gasteiger partial charge in [0.05, 0.1) is 5.54 Å². The van der Waals surface area contributed by atoms with Crippen LogP contribution in [-0.2, 0) is 5.54 Å². The van der Waals surface area contributed by atoms with E-state index in [2.05, 4.69) is 5.48 Å². The highest BCUT2D eigenvalue weighted by Gasteiger charge is 2.31. The largest absolute Gasteiger partial charge is 0.316 e. The summed E-state index contributed by atoms with van der Waals surface area (Å²) in [5.41, 5.74) is 6.02. The van der Waals surface area contributed by atoms with Crippen LogP contribution < -0.4 is 5.48 Å². The molecule has 2 N–H and O–H groups in total. The van der Waals surface area contributed by atoms with Crippen LogP contribution in [0.2, 0.25) is 0 Å². The summed E-state index contributed by atoms with van der Waals surface area (Å²) < 4.78 is 0. The smallest absolute Gasteiger partial charge is 0.114 e. The van der Waals surface area contributed by atoms with E-state index in [1.165, 1.54) is 0 Å². The minimum Gasteiger partial charge on any atom is -0.316 e. The molecule has 2 rings (SSSR count). The molecule has 1 aromatic carbocycles. The Bertz CT molecular complexity index is 428. The van der Waals surface area contributed by atoms with Gasteiger partial charge in [-0.05, 0) is 37.0 Å². The zero-order valence-corrected chi connectivity index (χ0v) is 9.04. The molecule has 0 spiro atoms. The number of benzene rings is 1. The molecule has 0 amide bonds. The van der Waals surface area contributed by atoms with Crippen molar-refractivity contribution in [2.24, 2.45) is 0 Å². The Morgan fingerprint density at radius 3 is 2.87 bits per heavy atom. The van der Waals surface area contributed by atoms with Crippen LogP contribution in [0.1, 0.15) is 30.0 Å². The van der Waals surface area contributed by atoms with E-state index in [0.29, 0.717) is 6.42 Å². The van der Waals surface area contributed by atoms with E-state index < -0.39 is 5.54 Å². The van der Waals surface area contributed by atoms with Gasteiger partial charge in [-0.1, -0.05) is 29.7 Å². The molecule has 0 bridgehead atoms. The highest BCUT2D eigenvalue weighted by atomic mass is 16.5. The van der Waals surface area contributed by atoms with Gasteiger partial charge in [-0.25, -0.2) is 0 Å². The summed E-state index contributed by atoms with van der Waals surface area (Å²) >= 11 is 0. The number of hydrogen-bond acceptors (Lipinski definition) is 2. The van der Waals surface area contributed by atoms with E-state index in [9.17, 15) is 5.21 Å². The van der Waals surface area contributed by atoms with Crippen molar-refractivity contribution in [2.45, 2.75) is 25.8 Å². The second-order valence-electron chi connectivity index (χ2n) is 4.30. The average Bonchev–Trinajstić information content (AvgIpc) is 2.24. The summed E-state index contributed by atoms with van der Waals surface area (Å²) in [6.07, 6.45) is 2.65. The van der Waals surface area contributed by atoms with Crippen molar-refractivity contribution in [3.8, 4) is 0 Å². The van der Waals surface area contributed by atoms with Gasteiger partial charge >= 0.3 is 0 Å². The maximum atomic E-state index is 9.29. The van der Waals surface area contributed by atoms with Crippen molar-refractivity contribution in [1.82, 2.24) is 5.48 Å². The molecule has 0 aliphatic heterocycles. The number of aryl methyl sites for hydroxylation is 1.